The fourth-order valence-electron chi connectivity index (χ4n) is 3.18. The van der Waals surface area contributed by atoms with Gasteiger partial charge in [0, 0.05) is 17.5 Å². The third-order valence-corrected chi connectivity index (χ3v) is 4.81. The third-order valence-electron chi connectivity index (χ3n) is 4.81. The SMILES string of the molecule is O=C(CC1CC1)NNC(=O)c1c(-c2ccccc2)c(-c2ccccc2)n[nH]c1=O. The topological polar surface area (TPSA) is 104 Å². The van der Waals surface area contributed by atoms with Crippen molar-refractivity contribution in [2.24, 2.45) is 5.92 Å². The molecule has 1 fully saturated rings. The summed E-state index contributed by atoms with van der Waals surface area (Å²) in [6.07, 6.45) is 2.43. The van der Waals surface area contributed by atoms with E-state index in [-0.39, 0.29) is 11.5 Å². The zero-order chi connectivity index (χ0) is 20.2. The molecular formula is C22H20N4O3. The number of nitrogens with zero attached hydrogens (tertiary/aromatic N) is 1. The van der Waals surface area contributed by atoms with Gasteiger partial charge in [0.25, 0.3) is 11.5 Å². The van der Waals surface area contributed by atoms with Gasteiger partial charge in [0.05, 0.1) is 5.69 Å². The van der Waals surface area contributed by atoms with E-state index in [0.29, 0.717) is 29.2 Å². The van der Waals surface area contributed by atoms with E-state index in [1.807, 2.05) is 60.7 Å². The van der Waals surface area contributed by atoms with Crippen LogP contribution in [-0.2, 0) is 4.79 Å². The Balaban J connectivity index is 1.74. The van der Waals surface area contributed by atoms with Gasteiger partial charge in [0.1, 0.15) is 5.56 Å². The molecule has 1 aliphatic carbocycles. The molecule has 1 aliphatic rings. The Morgan fingerprint density at radius 2 is 1.55 bits per heavy atom. The maximum absolute atomic E-state index is 12.9. The van der Waals surface area contributed by atoms with E-state index in [0.717, 1.165) is 18.4 Å². The van der Waals surface area contributed by atoms with Gasteiger partial charge in [-0.2, -0.15) is 5.10 Å². The van der Waals surface area contributed by atoms with Gasteiger partial charge in [-0.05, 0) is 24.3 Å². The summed E-state index contributed by atoms with van der Waals surface area (Å²) in [5.41, 5.74) is 6.38. The Morgan fingerprint density at radius 3 is 2.17 bits per heavy atom. The van der Waals surface area contributed by atoms with E-state index >= 15 is 0 Å². The number of amides is 2. The number of benzene rings is 2. The van der Waals surface area contributed by atoms with Crippen molar-refractivity contribution in [3.05, 3.63) is 76.6 Å². The molecule has 3 N–H and O–H groups in total. The summed E-state index contributed by atoms with van der Waals surface area (Å²) in [5, 5.41) is 6.61. The minimum absolute atomic E-state index is 0.100. The van der Waals surface area contributed by atoms with Gasteiger partial charge >= 0.3 is 0 Å². The van der Waals surface area contributed by atoms with Crippen molar-refractivity contribution >= 4 is 11.8 Å². The normalized spacial score (nSPS) is 13.0. The van der Waals surface area contributed by atoms with Crippen molar-refractivity contribution in [1.29, 1.82) is 0 Å². The molecule has 1 heterocycles. The van der Waals surface area contributed by atoms with Gasteiger partial charge in [-0.3, -0.25) is 25.2 Å². The van der Waals surface area contributed by atoms with Crippen LogP contribution in [0.25, 0.3) is 22.4 Å². The summed E-state index contributed by atoms with van der Waals surface area (Å²) >= 11 is 0. The largest absolute Gasteiger partial charge is 0.277 e. The lowest BCUT2D eigenvalue weighted by Gasteiger charge is -2.14. The van der Waals surface area contributed by atoms with Crippen LogP contribution in [0.5, 0.6) is 0 Å². The molecule has 0 saturated heterocycles. The van der Waals surface area contributed by atoms with Gasteiger partial charge in [-0.1, -0.05) is 60.7 Å². The zero-order valence-electron chi connectivity index (χ0n) is 15.6. The van der Waals surface area contributed by atoms with Gasteiger partial charge in [-0.15, -0.1) is 0 Å². The minimum Gasteiger partial charge on any atom is -0.273 e. The van der Waals surface area contributed by atoms with Crippen molar-refractivity contribution in [1.82, 2.24) is 21.0 Å². The Hall–Kier alpha value is -3.74. The van der Waals surface area contributed by atoms with Crippen molar-refractivity contribution in [2.75, 3.05) is 0 Å². The van der Waals surface area contributed by atoms with Crippen LogP contribution in [0.1, 0.15) is 29.6 Å². The first-order valence-electron chi connectivity index (χ1n) is 9.46. The quantitative estimate of drug-likeness (QED) is 0.585. The zero-order valence-corrected chi connectivity index (χ0v) is 15.6. The molecule has 7 nitrogen and oxygen atoms in total. The molecule has 146 valence electrons. The van der Waals surface area contributed by atoms with Crippen LogP contribution in [0, 0.1) is 5.92 Å². The van der Waals surface area contributed by atoms with E-state index in [4.69, 9.17) is 0 Å². The molecule has 7 heteroatoms. The summed E-state index contributed by atoms with van der Waals surface area (Å²) in [7, 11) is 0. The first-order chi connectivity index (χ1) is 14.1. The number of H-pyrrole nitrogens is 1. The Bertz CT molecular complexity index is 1090. The Kier molecular flexibility index (Phi) is 5.20. The standard InChI is InChI=1S/C22H20N4O3/c27-17(13-14-11-12-14)23-25-21(28)19-18(15-7-3-1-4-8-15)20(24-26-22(19)29)16-9-5-2-6-10-16/h1-10,14H,11-13H2,(H,23,27)(H,25,28)(H,26,29). The Morgan fingerprint density at radius 1 is 0.931 bits per heavy atom. The third kappa shape index (κ3) is 4.24. The molecule has 0 atom stereocenters. The highest BCUT2D eigenvalue weighted by molar-refractivity contribution is 6.04. The number of rotatable bonds is 5. The summed E-state index contributed by atoms with van der Waals surface area (Å²) in [6, 6.07) is 18.4. The molecular weight excluding hydrogens is 368 g/mol. The van der Waals surface area contributed by atoms with Crippen molar-refractivity contribution in [3.63, 3.8) is 0 Å². The smallest absolute Gasteiger partial charge is 0.273 e. The predicted molar refractivity (Wildman–Crippen MR) is 109 cm³/mol. The van der Waals surface area contributed by atoms with E-state index < -0.39 is 11.5 Å². The molecule has 2 amide bonds. The van der Waals surface area contributed by atoms with Crippen LogP contribution in [0.3, 0.4) is 0 Å². The van der Waals surface area contributed by atoms with Crippen molar-refractivity contribution in [2.45, 2.75) is 19.3 Å². The number of aromatic amines is 1. The van der Waals surface area contributed by atoms with Gasteiger partial charge in [0.15, 0.2) is 0 Å². The average Bonchev–Trinajstić information content (AvgIpc) is 3.57. The number of hydrogen-bond acceptors (Lipinski definition) is 4. The van der Waals surface area contributed by atoms with E-state index in [1.54, 1.807) is 0 Å². The van der Waals surface area contributed by atoms with Crippen LogP contribution in [-0.4, -0.2) is 22.0 Å². The molecule has 1 saturated carbocycles. The highest BCUT2D eigenvalue weighted by atomic mass is 16.2. The molecule has 29 heavy (non-hydrogen) atoms. The monoisotopic (exact) mass is 388 g/mol. The van der Waals surface area contributed by atoms with E-state index in [1.165, 1.54) is 0 Å². The summed E-state index contributed by atoms with van der Waals surface area (Å²) in [4.78, 5) is 37.4. The van der Waals surface area contributed by atoms with E-state index in [9.17, 15) is 14.4 Å². The van der Waals surface area contributed by atoms with Crippen molar-refractivity contribution in [3.8, 4) is 22.4 Å². The van der Waals surface area contributed by atoms with Crippen molar-refractivity contribution < 1.29 is 9.59 Å². The second-order valence-corrected chi connectivity index (χ2v) is 7.03. The van der Waals surface area contributed by atoms with Crippen LogP contribution >= 0.6 is 0 Å². The van der Waals surface area contributed by atoms with Gasteiger partial charge in [0.2, 0.25) is 5.91 Å². The maximum atomic E-state index is 12.9. The average molecular weight is 388 g/mol. The summed E-state index contributed by atoms with van der Waals surface area (Å²) in [5.74, 6) is -0.564. The lowest BCUT2D eigenvalue weighted by Crippen LogP contribution is -2.44. The number of hydrazine groups is 1. The minimum atomic E-state index is -0.686. The van der Waals surface area contributed by atoms with Crippen LogP contribution in [0.2, 0.25) is 0 Å². The van der Waals surface area contributed by atoms with Gasteiger partial charge < -0.3 is 0 Å². The Labute approximate surface area is 167 Å². The summed E-state index contributed by atoms with van der Waals surface area (Å²) in [6.45, 7) is 0. The maximum Gasteiger partial charge on any atom is 0.277 e. The first kappa shape index (κ1) is 18.6. The molecule has 0 unspecified atom stereocenters. The fourth-order valence-corrected chi connectivity index (χ4v) is 3.18. The lowest BCUT2D eigenvalue weighted by atomic mass is 9.95. The van der Waals surface area contributed by atoms with Gasteiger partial charge in [-0.25, -0.2) is 5.10 Å². The molecule has 2 aromatic carbocycles. The molecule has 0 radical (unpaired) electrons. The summed E-state index contributed by atoms with van der Waals surface area (Å²) < 4.78 is 0. The highest BCUT2D eigenvalue weighted by Crippen LogP contribution is 2.32. The molecule has 0 bridgehead atoms. The fraction of sp³-hybridized carbons (Fsp3) is 0.182. The van der Waals surface area contributed by atoms with Crippen LogP contribution < -0.4 is 16.4 Å². The van der Waals surface area contributed by atoms with Crippen LogP contribution in [0.4, 0.5) is 0 Å². The number of hydrogen-bond donors (Lipinski definition) is 3. The predicted octanol–water partition coefficient (Wildman–Crippen LogP) is 2.67. The molecule has 0 aliphatic heterocycles. The number of carbonyl (C=O) groups excluding carboxylic acids is 2. The lowest BCUT2D eigenvalue weighted by molar-refractivity contribution is -0.122. The highest BCUT2D eigenvalue weighted by Gasteiger charge is 2.26. The molecule has 0 spiro atoms. The molecule has 4 rings (SSSR count). The first-order valence-corrected chi connectivity index (χ1v) is 9.46. The number of carbonyl (C=O) groups is 2. The second kappa shape index (κ2) is 8.10. The second-order valence-electron chi connectivity index (χ2n) is 7.03. The molecule has 1 aromatic heterocycles. The van der Waals surface area contributed by atoms with Crippen LogP contribution in [0.15, 0.2) is 65.5 Å². The number of nitrogens with one attached hydrogen (secondary N) is 3. The van der Waals surface area contributed by atoms with E-state index in [2.05, 4.69) is 21.0 Å². The number of aromatic nitrogens is 2. The molecule has 3 aromatic rings.